The minimum atomic E-state index is -0.796. The highest BCUT2D eigenvalue weighted by Gasteiger charge is 2.19. The van der Waals surface area contributed by atoms with Crippen LogP contribution in [0, 0.1) is 0 Å². The zero-order chi connectivity index (χ0) is 45.8. The van der Waals surface area contributed by atoms with E-state index in [9.17, 15) is 14.4 Å². The van der Waals surface area contributed by atoms with Crippen LogP contribution in [0.4, 0.5) is 0 Å². The number of hydrogen-bond acceptors (Lipinski definition) is 6. The Labute approximate surface area is 389 Å². The molecule has 0 aliphatic heterocycles. The molecule has 0 amide bonds. The molecule has 0 saturated heterocycles. The molecule has 0 rings (SSSR count). The molecule has 0 aliphatic rings. The molecule has 1 atom stereocenters. The molecule has 0 spiro atoms. The van der Waals surface area contributed by atoms with E-state index in [4.69, 9.17) is 14.2 Å². The Morgan fingerprint density at radius 3 is 1.00 bits per heavy atom. The van der Waals surface area contributed by atoms with Crippen LogP contribution in [0.1, 0.15) is 252 Å². The molecule has 0 unspecified atom stereocenters. The number of unbranched alkanes of at least 4 members (excludes halogenated alkanes) is 24. The second-order valence-electron chi connectivity index (χ2n) is 17.4. The highest BCUT2D eigenvalue weighted by molar-refractivity contribution is 5.71. The van der Waals surface area contributed by atoms with Crippen LogP contribution >= 0.6 is 0 Å². The second-order valence-corrected chi connectivity index (χ2v) is 17.4. The van der Waals surface area contributed by atoms with Crippen molar-refractivity contribution in [3.63, 3.8) is 0 Å². The number of esters is 3. The average molecular weight is 879 g/mol. The fraction of sp³-hybridized carbons (Fsp3) is 0.737. The first-order valence-electron chi connectivity index (χ1n) is 26.4. The van der Waals surface area contributed by atoms with Crippen molar-refractivity contribution in [3.8, 4) is 0 Å². The number of rotatable bonds is 47. The largest absolute Gasteiger partial charge is 0.462 e. The Bertz CT molecular complexity index is 1190. The molecular weight excluding hydrogens is 781 g/mol. The van der Waals surface area contributed by atoms with Crippen LogP contribution < -0.4 is 0 Å². The summed E-state index contributed by atoms with van der Waals surface area (Å²) in [5, 5.41) is 0. The third-order valence-electron chi connectivity index (χ3n) is 11.2. The quantitative estimate of drug-likeness (QED) is 0.0262. The maximum Gasteiger partial charge on any atom is 0.306 e. The highest BCUT2D eigenvalue weighted by atomic mass is 16.6. The standard InChI is InChI=1S/C57H98O6/c1-4-7-10-13-16-19-22-24-26-27-28-29-31-33-36-39-42-45-48-51-57(60)63-54(52-61-55(58)49-46-43-40-37-34-21-18-15-12-9-6-3)53-62-56(59)50-47-44-41-38-35-32-30-25-23-20-17-14-11-8-5-2/h15-16,18-20,23-24,26,28-29,33,36,54H,4-14,17,21-22,25,27,30-32,34-35,37-53H2,1-3H3/b18-15-,19-16-,23-20-,26-24-,29-28-,36-33-/t54-/m0/s1. The van der Waals surface area contributed by atoms with Gasteiger partial charge in [0.25, 0.3) is 0 Å². The van der Waals surface area contributed by atoms with Gasteiger partial charge < -0.3 is 14.2 Å². The van der Waals surface area contributed by atoms with Crippen LogP contribution in [0.5, 0.6) is 0 Å². The van der Waals surface area contributed by atoms with E-state index in [0.29, 0.717) is 12.8 Å². The maximum atomic E-state index is 12.8. The number of carbonyl (C=O) groups excluding carboxylic acids is 3. The molecule has 0 aromatic rings. The molecular formula is C57H98O6. The van der Waals surface area contributed by atoms with E-state index in [0.717, 1.165) is 89.9 Å². The van der Waals surface area contributed by atoms with Gasteiger partial charge >= 0.3 is 17.9 Å². The lowest BCUT2D eigenvalue weighted by atomic mass is 10.1. The summed E-state index contributed by atoms with van der Waals surface area (Å²) in [6, 6.07) is 0. The second kappa shape index (κ2) is 51.5. The van der Waals surface area contributed by atoms with E-state index in [1.54, 1.807) is 0 Å². The molecule has 0 aliphatic carbocycles. The van der Waals surface area contributed by atoms with Crippen molar-refractivity contribution in [2.45, 2.75) is 258 Å². The summed E-state index contributed by atoms with van der Waals surface area (Å²) in [6.45, 7) is 6.52. The van der Waals surface area contributed by atoms with Crippen molar-refractivity contribution >= 4 is 17.9 Å². The normalized spacial score (nSPS) is 12.6. The number of allylic oxidation sites excluding steroid dienone is 12. The third kappa shape index (κ3) is 49.7. The summed E-state index contributed by atoms with van der Waals surface area (Å²) >= 11 is 0. The van der Waals surface area contributed by atoms with E-state index < -0.39 is 6.10 Å². The predicted molar refractivity (Wildman–Crippen MR) is 270 cm³/mol. The van der Waals surface area contributed by atoms with Gasteiger partial charge in [0.15, 0.2) is 6.10 Å². The van der Waals surface area contributed by atoms with Gasteiger partial charge in [-0.05, 0) is 109 Å². The lowest BCUT2D eigenvalue weighted by Gasteiger charge is -2.18. The van der Waals surface area contributed by atoms with Crippen molar-refractivity contribution in [1.82, 2.24) is 0 Å². The van der Waals surface area contributed by atoms with Crippen molar-refractivity contribution in [1.29, 1.82) is 0 Å². The van der Waals surface area contributed by atoms with Crippen molar-refractivity contribution in [3.05, 3.63) is 72.9 Å². The molecule has 362 valence electrons. The number of hydrogen-bond donors (Lipinski definition) is 0. The molecule has 6 nitrogen and oxygen atoms in total. The van der Waals surface area contributed by atoms with Gasteiger partial charge in [-0.1, -0.05) is 196 Å². The first-order valence-corrected chi connectivity index (χ1v) is 26.4. The predicted octanol–water partition coefficient (Wildman–Crippen LogP) is 17.4. The van der Waals surface area contributed by atoms with Crippen LogP contribution in [-0.2, 0) is 28.6 Å². The Kier molecular flexibility index (Phi) is 48.9. The summed E-state index contributed by atoms with van der Waals surface area (Å²) in [5.74, 6) is -0.937. The summed E-state index contributed by atoms with van der Waals surface area (Å²) in [5.41, 5.74) is 0. The molecule has 0 N–H and O–H groups in total. The molecule has 0 radical (unpaired) electrons. The molecule has 0 bridgehead atoms. The van der Waals surface area contributed by atoms with E-state index in [1.807, 2.05) is 0 Å². The summed E-state index contributed by atoms with van der Waals surface area (Å²) in [4.78, 5) is 38.0. The van der Waals surface area contributed by atoms with E-state index in [-0.39, 0.29) is 37.5 Å². The van der Waals surface area contributed by atoms with Gasteiger partial charge in [-0.15, -0.1) is 0 Å². The van der Waals surface area contributed by atoms with Crippen LogP contribution in [0.3, 0.4) is 0 Å². The van der Waals surface area contributed by atoms with Gasteiger partial charge in [-0.25, -0.2) is 0 Å². The first-order chi connectivity index (χ1) is 31.0. The molecule has 0 aromatic carbocycles. The van der Waals surface area contributed by atoms with Gasteiger partial charge in [-0.3, -0.25) is 14.4 Å². The fourth-order valence-corrected chi connectivity index (χ4v) is 7.11. The minimum Gasteiger partial charge on any atom is -0.462 e. The van der Waals surface area contributed by atoms with E-state index in [1.165, 1.54) is 122 Å². The number of carbonyl (C=O) groups is 3. The SMILES string of the molecule is CCCC/C=C\CCCCCCCC(=O)OC[C@@H](COC(=O)CCCCCCCCC/C=C\CCCCCC)OC(=O)CCCCC/C=C\C/C=C\C/C=C\C/C=C\CCCCC. The topological polar surface area (TPSA) is 78.9 Å². The van der Waals surface area contributed by atoms with Crippen LogP contribution in [-0.4, -0.2) is 37.2 Å². The third-order valence-corrected chi connectivity index (χ3v) is 11.2. The average Bonchev–Trinajstić information content (AvgIpc) is 3.28. The molecule has 63 heavy (non-hydrogen) atoms. The number of ether oxygens (including phenoxy) is 3. The minimum absolute atomic E-state index is 0.0933. The first kappa shape index (κ1) is 59.9. The summed E-state index contributed by atoms with van der Waals surface area (Å²) < 4.78 is 16.8. The maximum absolute atomic E-state index is 12.8. The van der Waals surface area contributed by atoms with Gasteiger partial charge in [0.05, 0.1) is 0 Å². The molecule has 6 heteroatoms. The smallest absolute Gasteiger partial charge is 0.306 e. The van der Waals surface area contributed by atoms with Crippen LogP contribution in [0.15, 0.2) is 72.9 Å². The Morgan fingerprint density at radius 1 is 0.317 bits per heavy atom. The summed E-state index contributed by atoms with van der Waals surface area (Å²) in [6.07, 6.45) is 64.5. The fourth-order valence-electron chi connectivity index (χ4n) is 7.11. The molecule has 0 aromatic heterocycles. The van der Waals surface area contributed by atoms with Crippen molar-refractivity contribution in [2.75, 3.05) is 13.2 Å². The van der Waals surface area contributed by atoms with E-state index in [2.05, 4.69) is 93.7 Å². The molecule has 0 saturated carbocycles. The Morgan fingerprint density at radius 2 is 0.587 bits per heavy atom. The zero-order valence-corrected chi connectivity index (χ0v) is 41.3. The Balaban J connectivity index is 4.44. The summed E-state index contributed by atoms with van der Waals surface area (Å²) in [7, 11) is 0. The molecule has 0 fully saturated rings. The van der Waals surface area contributed by atoms with Gasteiger partial charge in [-0.2, -0.15) is 0 Å². The van der Waals surface area contributed by atoms with Crippen molar-refractivity contribution < 1.29 is 28.6 Å². The zero-order valence-electron chi connectivity index (χ0n) is 41.3. The highest BCUT2D eigenvalue weighted by Crippen LogP contribution is 2.14. The van der Waals surface area contributed by atoms with Gasteiger partial charge in [0.1, 0.15) is 13.2 Å². The molecule has 0 heterocycles. The van der Waals surface area contributed by atoms with Crippen LogP contribution in [0.25, 0.3) is 0 Å². The van der Waals surface area contributed by atoms with Gasteiger partial charge in [0.2, 0.25) is 0 Å². The van der Waals surface area contributed by atoms with Crippen LogP contribution in [0.2, 0.25) is 0 Å². The van der Waals surface area contributed by atoms with Gasteiger partial charge in [0, 0.05) is 19.3 Å². The van der Waals surface area contributed by atoms with Crippen molar-refractivity contribution in [2.24, 2.45) is 0 Å². The monoisotopic (exact) mass is 879 g/mol. The van der Waals surface area contributed by atoms with E-state index >= 15 is 0 Å². The lowest BCUT2D eigenvalue weighted by molar-refractivity contribution is -0.167. The Hall–Kier alpha value is -3.15. The lowest BCUT2D eigenvalue weighted by Crippen LogP contribution is -2.30.